The Hall–Kier alpha value is -0.900. The molecule has 1 N–H and O–H groups in total. The van der Waals surface area contributed by atoms with Gasteiger partial charge < -0.3 is 14.8 Å². The van der Waals surface area contributed by atoms with Gasteiger partial charge in [0.25, 0.3) is 0 Å². The molecule has 0 aromatic heterocycles. The quantitative estimate of drug-likeness (QED) is 0.867. The molecule has 2 unspecified atom stereocenters. The van der Waals surface area contributed by atoms with Crippen molar-refractivity contribution in [1.82, 2.24) is 5.32 Å². The fraction of sp³-hybridized carbons (Fsp3) is 0.571. The predicted molar refractivity (Wildman–Crippen MR) is 68.0 cm³/mol. The molecule has 0 aliphatic carbocycles. The number of rotatable bonds is 4. The van der Waals surface area contributed by atoms with Gasteiger partial charge in [-0.25, -0.2) is 0 Å². The van der Waals surface area contributed by atoms with E-state index in [4.69, 9.17) is 9.47 Å². The maximum absolute atomic E-state index is 5.45. The van der Waals surface area contributed by atoms with E-state index < -0.39 is 0 Å². The molecule has 0 spiro atoms. The van der Waals surface area contributed by atoms with E-state index in [2.05, 4.69) is 36.5 Å². The minimum absolute atomic E-state index is 0.162. The van der Waals surface area contributed by atoms with Crippen LogP contribution in [0.4, 0.5) is 0 Å². The van der Waals surface area contributed by atoms with Crippen molar-refractivity contribution in [3.8, 4) is 0 Å². The van der Waals surface area contributed by atoms with E-state index in [1.165, 1.54) is 5.56 Å². The van der Waals surface area contributed by atoms with Crippen molar-refractivity contribution in [3.05, 3.63) is 35.9 Å². The lowest BCUT2D eigenvalue weighted by atomic mass is 10.0. The lowest BCUT2D eigenvalue weighted by Gasteiger charge is -2.33. The van der Waals surface area contributed by atoms with Crippen LogP contribution in [-0.4, -0.2) is 32.5 Å². The van der Waals surface area contributed by atoms with Crippen LogP contribution in [0.25, 0.3) is 0 Å². The monoisotopic (exact) mass is 235 g/mol. The molecule has 3 atom stereocenters. The Morgan fingerprint density at radius 1 is 1.35 bits per heavy atom. The normalized spacial score (nSPS) is 26.7. The van der Waals surface area contributed by atoms with E-state index in [0.29, 0.717) is 18.7 Å². The zero-order chi connectivity index (χ0) is 12.1. The van der Waals surface area contributed by atoms with Crippen molar-refractivity contribution in [2.75, 3.05) is 20.3 Å². The van der Waals surface area contributed by atoms with Crippen molar-refractivity contribution < 1.29 is 9.47 Å². The molecule has 0 saturated carbocycles. The van der Waals surface area contributed by atoms with Crippen molar-refractivity contribution in [2.24, 2.45) is 0 Å². The van der Waals surface area contributed by atoms with E-state index in [9.17, 15) is 0 Å². The van der Waals surface area contributed by atoms with Crippen molar-refractivity contribution in [3.63, 3.8) is 0 Å². The Kier molecular flexibility index (Phi) is 4.54. The van der Waals surface area contributed by atoms with Crippen LogP contribution in [0, 0.1) is 0 Å². The molecule has 0 radical (unpaired) electrons. The minimum atomic E-state index is 0.162. The molecule has 1 fully saturated rings. The van der Waals surface area contributed by atoms with Crippen LogP contribution in [0.3, 0.4) is 0 Å². The van der Waals surface area contributed by atoms with Gasteiger partial charge in [-0.2, -0.15) is 0 Å². The topological polar surface area (TPSA) is 30.5 Å². The zero-order valence-electron chi connectivity index (χ0n) is 10.6. The highest BCUT2D eigenvalue weighted by Gasteiger charge is 2.26. The molecule has 1 aliphatic heterocycles. The molecular formula is C14H21NO2. The summed E-state index contributed by atoms with van der Waals surface area (Å²) in [4.78, 5) is 0. The Bertz CT molecular complexity index is 328. The summed E-state index contributed by atoms with van der Waals surface area (Å²) >= 11 is 0. The lowest BCUT2D eigenvalue weighted by molar-refractivity contribution is -0.0518. The number of ether oxygens (including phenoxy) is 2. The van der Waals surface area contributed by atoms with Crippen molar-refractivity contribution >= 4 is 0 Å². The summed E-state index contributed by atoms with van der Waals surface area (Å²) in [5.74, 6) is 0. The average molecular weight is 235 g/mol. The molecule has 0 amide bonds. The standard InChI is InChI=1S/C14H21NO2/c1-11(12-6-4-3-5-7-12)15-13-8-9-17-10-14(13)16-2/h3-7,11,13-15H,8-10H2,1-2H3/t11-,13?,14?/m1/s1. The van der Waals surface area contributed by atoms with Gasteiger partial charge in [0, 0.05) is 25.8 Å². The minimum Gasteiger partial charge on any atom is -0.379 e. The Morgan fingerprint density at radius 3 is 2.82 bits per heavy atom. The molecule has 1 aromatic carbocycles. The van der Waals surface area contributed by atoms with Gasteiger partial charge >= 0.3 is 0 Å². The van der Waals surface area contributed by atoms with Gasteiger partial charge in [0.2, 0.25) is 0 Å². The van der Waals surface area contributed by atoms with Crippen molar-refractivity contribution in [1.29, 1.82) is 0 Å². The fourth-order valence-electron chi connectivity index (χ4n) is 2.29. The highest BCUT2D eigenvalue weighted by molar-refractivity contribution is 5.18. The van der Waals surface area contributed by atoms with E-state index in [1.807, 2.05) is 6.07 Å². The molecule has 1 heterocycles. The Labute approximate surface area is 103 Å². The number of nitrogens with one attached hydrogen (secondary N) is 1. The third-order valence-electron chi connectivity index (χ3n) is 3.37. The van der Waals surface area contributed by atoms with Crippen LogP contribution in [0.5, 0.6) is 0 Å². The summed E-state index contributed by atoms with van der Waals surface area (Å²) in [5.41, 5.74) is 1.31. The molecule has 1 aliphatic rings. The summed E-state index contributed by atoms with van der Waals surface area (Å²) in [6.45, 7) is 3.70. The average Bonchev–Trinajstić information content (AvgIpc) is 2.40. The van der Waals surface area contributed by atoms with E-state index in [1.54, 1.807) is 7.11 Å². The van der Waals surface area contributed by atoms with E-state index >= 15 is 0 Å². The lowest BCUT2D eigenvalue weighted by Crippen LogP contribution is -2.48. The molecule has 1 saturated heterocycles. The predicted octanol–water partition coefficient (Wildman–Crippen LogP) is 2.14. The molecular weight excluding hydrogens is 214 g/mol. The molecule has 2 rings (SSSR count). The van der Waals surface area contributed by atoms with E-state index in [0.717, 1.165) is 13.0 Å². The third-order valence-corrected chi connectivity index (χ3v) is 3.37. The molecule has 3 heteroatoms. The highest BCUT2D eigenvalue weighted by Crippen LogP contribution is 2.17. The largest absolute Gasteiger partial charge is 0.379 e. The Balaban J connectivity index is 1.95. The van der Waals surface area contributed by atoms with Crippen LogP contribution < -0.4 is 5.32 Å². The van der Waals surface area contributed by atoms with Gasteiger partial charge in [0.1, 0.15) is 0 Å². The second-order valence-corrected chi connectivity index (χ2v) is 4.54. The first-order valence-electron chi connectivity index (χ1n) is 6.23. The second kappa shape index (κ2) is 6.15. The van der Waals surface area contributed by atoms with Gasteiger partial charge in [-0.15, -0.1) is 0 Å². The van der Waals surface area contributed by atoms with Gasteiger partial charge in [-0.1, -0.05) is 30.3 Å². The second-order valence-electron chi connectivity index (χ2n) is 4.54. The van der Waals surface area contributed by atoms with Crippen molar-refractivity contribution in [2.45, 2.75) is 31.5 Å². The molecule has 17 heavy (non-hydrogen) atoms. The maximum Gasteiger partial charge on any atom is 0.0958 e. The van der Waals surface area contributed by atoms with Gasteiger partial charge in [-0.3, -0.25) is 0 Å². The SMILES string of the molecule is COC1COCCC1N[C@H](C)c1ccccc1. The van der Waals surface area contributed by atoms with Crippen LogP contribution in [-0.2, 0) is 9.47 Å². The van der Waals surface area contributed by atoms with Gasteiger partial charge in [0.15, 0.2) is 0 Å². The van der Waals surface area contributed by atoms with Gasteiger partial charge in [-0.05, 0) is 18.9 Å². The van der Waals surface area contributed by atoms with Gasteiger partial charge in [0.05, 0.1) is 12.7 Å². The Morgan fingerprint density at radius 2 is 2.12 bits per heavy atom. The maximum atomic E-state index is 5.45. The summed E-state index contributed by atoms with van der Waals surface area (Å²) in [6.07, 6.45) is 1.17. The molecule has 1 aromatic rings. The molecule has 0 bridgehead atoms. The van der Waals surface area contributed by atoms with Crippen LogP contribution >= 0.6 is 0 Å². The summed E-state index contributed by atoms with van der Waals surface area (Å²) in [5, 5.41) is 3.63. The summed E-state index contributed by atoms with van der Waals surface area (Å²) < 4.78 is 10.9. The molecule has 3 nitrogen and oxygen atoms in total. The smallest absolute Gasteiger partial charge is 0.0958 e. The van der Waals surface area contributed by atoms with Crippen LogP contribution in [0.15, 0.2) is 30.3 Å². The number of hydrogen-bond acceptors (Lipinski definition) is 3. The number of hydrogen-bond donors (Lipinski definition) is 1. The number of benzene rings is 1. The van der Waals surface area contributed by atoms with Crippen LogP contribution in [0.1, 0.15) is 24.9 Å². The first kappa shape index (κ1) is 12.6. The fourth-order valence-corrected chi connectivity index (χ4v) is 2.29. The summed E-state index contributed by atoms with van der Waals surface area (Å²) in [6, 6.07) is 11.2. The highest BCUT2D eigenvalue weighted by atomic mass is 16.5. The van der Waals surface area contributed by atoms with E-state index in [-0.39, 0.29) is 6.10 Å². The summed E-state index contributed by atoms with van der Waals surface area (Å²) in [7, 11) is 1.75. The van der Waals surface area contributed by atoms with Crippen LogP contribution in [0.2, 0.25) is 0 Å². The molecule has 94 valence electrons. The zero-order valence-corrected chi connectivity index (χ0v) is 10.6. The third kappa shape index (κ3) is 3.28. The first-order valence-corrected chi connectivity index (χ1v) is 6.23. The number of methoxy groups -OCH3 is 1. The first-order chi connectivity index (χ1) is 8.31.